The molecule has 1 fully saturated rings. The first-order valence-electron chi connectivity index (χ1n) is 5.98. The predicted octanol–water partition coefficient (Wildman–Crippen LogP) is 1.26. The lowest BCUT2D eigenvalue weighted by Crippen LogP contribution is -2.34. The van der Waals surface area contributed by atoms with Gasteiger partial charge >= 0.3 is 0 Å². The molecule has 2 rings (SSSR count). The SMILES string of the molecule is Cc1[nH]nc(C(=O)N2CCC(C)(CN)C2)c1C.Cl. The molecule has 0 bridgehead atoms. The van der Waals surface area contributed by atoms with Gasteiger partial charge in [0.15, 0.2) is 5.69 Å². The largest absolute Gasteiger partial charge is 0.337 e. The first-order chi connectivity index (χ1) is 7.97. The van der Waals surface area contributed by atoms with Crippen LogP contribution in [0.4, 0.5) is 0 Å². The quantitative estimate of drug-likeness (QED) is 0.851. The van der Waals surface area contributed by atoms with E-state index in [0.717, 1.165) is 30.8 Å². The molecule has 2 heterocycles. The maximum absolute atomic E-state index is 12.3. The van der Waals surface area contributed by atoms with Crippen LogP contribution in [0.1, 0.15) is 35.1 Å². The summed E-state index contributed by atoms with van der Waals surface area (Å²) in [5.41, 5.74) is 8.25. The number of aromatic nitrogens is 2. The van der Waals surface area contributed by atoms with Crippen LogP contribution in [0.25, 0.3) is 0 Å². The van der Waals surface area contributed by atoms with E-state index < -0.39 is 0 Å². The fourth-order valence-electron chi connectivity index (χ4n) is 2.21. The lowest BCUT2D eigenvalue weighted by Gasteiger charge is -2.22. The number of hydrogen-bond acceptors (Lipinski definition) is 3. The van der Waals surface area contributed by atoms with Gasteiger partial charge in [-0.2, -0.15) is 5.10 Å². The van der Waals surface area contributed by atoms with Crippen LogP contribution in [0.2, 0.25) is 0 Å². The number of carbonyl (C=O) groups excluding carboxylic acids is 1. The summed E-state index contributed by atoms with van der Waals surface area (Å²) in [5, 5.41) is 6.94. The van der Waals surface area contributed by atoms with Gasteiger partial charge in [0.1, 0.15) is 0 Å². The molecule has 0 saturated carbocycles. The van der Waals surface area contributed by atoms with Gasteiger partial charge in [0, 0.05) is 24.3 Å². The maximum atomic E-state index is 12.3. The Bertz CT molecular complexity index is 445. The predicted molar refractivity (Wildman–Crippen MR) is 73.0 cm³/mol. The number of halogens is 1. The molecule has 0 spiro atoms. The van der Waals surface area contributed by atoms with Crippen LogP contribution in [0, 0.1) is 19.3 Å². The summed E-state index contributed by atoms with van der Waals surface area (Å²) in [6, 6.07) is 0. The van der Waals surface area contributed by atoms with Gasteiger partial charge in [-0.15, -0.1) is 12.4 Å². The van der Waals surface area contributed by atoms with E-state index in [1.807, 2.05) is 18.7 Å². The third kappa shape index (κ3) is 2.52. The summed E-state index contributed by atoms with van der Waals surface area (Å²) in [6.45, 7) is 8.10. The van der Waals surface area contributed by atoms with Gasteiger partial charge in [-0.1, -0.05) is 6.92 Å². The van der Waals surface area contributed by atoms with E-state index in [1.54, 1.807) is 0 Å². The molecule has 0 radical (unpaired) electrons. The van der Waals surface area contributed by atoms with Crippen LogP contribution in [0.15, 0.2) is 0 Å². The zero-order valence-corrected chi connectivity index (χ0v) is 11.9. The van der Waals surface area contributed by atoms with E-state index in [1.165, 1.54) is 0 Å². The van der Waals surface area contributed by atoms with Crippen LogP contribution < -0.4 is 5.73 Å². The van der Waals surface area contributed by atoms with Crippen molar-refractivity contribution in [2.45, 2.75) is 27.2 Å². The van der Waals surface area contributed by atoms with Gasteiger partial charge in [0.2, 0.25) is 0 Å². The number of aryl methyl sites for hydroxylation is 1. The van der Waals surface area contributed by atoms with E-state index in [9.17, 15) is 4.79 Å². The molecule has 1 atom stereocenters. The number of amides is 1. The van der Waals surface area contributed by atoms with Crippen molar-refractivity contribution in [3.8, 4) is 0 Å². The number of aromatic amines is 1. The molecule has 0 aliphatic carbocycles. The second kappa shape index (κ2) is 5.28. The summed E-state index contributed by atoms with van der Waals surface area (Å²) in [5.74, 6) is 0.0176. The Balaban J connectivity index is 0.00000162. The average molecular weight is 273 g/mol. The Kier molecular flexibility index (Phi) is 4.40. The molecule has 1 aromatic rings. The highest BCUT2D eigenvalue weighted by Crippen LogP contribution is 2.29. The summed E-state index contributed by atoms with van der Waals surface area (Å²) in [7, 11) is 0. The van der Waals surface area contributed by atoms with Crippen LogP contribution in [-0.4, -0.2) is 40.6 Å². The second-order valence-electron chi connectivity index (χ2n) is 5.31. The highest BCUT2D eigenvalue weighted by atomic mass is 35.5. The summed E-state index contributed by atoms with van der Waals surface area (Å²) in [6.07, 6.45) is 0.970. The third-order valence-corrected chi connectivity index (χ3v) is 3.79. The van der Waals surface area contributed by atoms with Crippen molar-refractivity contribution < 1.29 is 4.79 Å². The number of rotatable bonds is 2. The van der Waals surface area contributed by atoms with E-state index >= 15 is 0 Å². The number of nitrogens with one attached hydrogen (secondary N) is 1. The first kappa shape index (κ1) is 15.0. The topological polar surface area (TPSA) is 75.0 Å². The van der Waals surface area contributed by atoms with E-state index in [-0.39, 0.29) is 23.7 Å². The van der Waals surface area contributed by atoms with Crippen molar-refractivity contribution in [1.82, 2.24) is 15.1 Å². The third-order valence-electron chi connectivity index (χ3n) is 3.79. The van der Waals surface area contributed by atoms with Crippen LogP contribution >= 0.6 is 12.4 Å². The summed E-state index contributed by atoms with van der Waals surface area (Å²) < 4.78 is 0. The second-order valence-corrected chi connectivity index (χ2v) is 5.31. The van der Waals surface area contributed by atoms with E-state index in [2.05, 4.69) is 17.1 Å². The number of carbonyl (C=O) groups is 1. The molecule has 0 aromatic carbocycles. The van der Waals surface area contributed by atoms with Crippen molar-refractivity contribution in [2.75, 3.05) is 19.6 Å². The Labute approximate surface area is 114 Å². The van der Waals surface area contributed by atoms with Gasteiger partial charge in [0.05, 0.1) is 0 Å². The summed E-state index contributed by atoms with van der Waals surface area (Å²) in [4.78, 5) is 14.1. The minimum Gasteiger partial charge on any atom is -0.337 e. The Morgan fingerprint density at radius 3 is 2.67 bits per heavy atom. The molecule has 3 N–H and O–H groups in total. The van der Waals surface area contributed by atoms with Crippen molar-refractivity contribution in [3.63, 3.8) is 0 Å². The van der Waals surface area contributed by atoms with Crippen molar-refractivity contribution in [1.29, 1.82) is 0 Å². The molecule has 1 saturated heterocycles. The highest BCUT2D eigenvalue weighted by Gasteiger charge is 2.36. The van der Waals surface area contributed by atoms with E-state index in [4.69, 9.17) is 5.73 Å². The standard InChI is InChI=1S/C12H20N4O.ClH/c1-8-9(2)14-15-10(8)11(17)16-5-4-12(3,6-13)7-16;/h4-7,13H2,1-3H3,(H,14,15);1H. The van der Waals surface area contributed by atoms with Gasteiger partial charge < -0.3 is 10.6 Å². The van der Waals surface area contributed by atoms with Gasteiger partial charge in [0.25, 0.3) is 5.91 Å². The molecule has 1 aliphatic rings. The fourth-order valence-corrected chi connectivity index (χ4v) is 2.21. The number of H-pyrrole nitrogens is 1. The monoisotopic (exact) mass is 272 g/mol. The molecular weight excluding hydrogens is 252 g/mol. The maximum Gasteiger partial charge on any atom is 0.274 e. The number of likely N-dealkylation sites (tertiary alicyclic amines) is 1. The normalized spacial score (nSPS) is 23.0. The number of hydrogen-bond donors (Lipinski definition) is 2. The lowest BCUT2D eigenvalue weighted by molar-refractivity contribution is 0.0770. The van der Waals surface area contributed by atoms with E-state index in [0.29, 0.717) is 12.2 Å². The molecule has 102 valence electrons. The molecule has 18 heavy (non-hydrogen) atoms. The number of nitrogens with two attached hydrogens (primary N) is 1. The first-order valence-corrected chi connectivity index (χ1v) is 5.98. The average Bonchev–Trinajstić information content (AvgIpc) is 2.85. The minimum absolute atomic E-state index is 0. The molecular formula is C12H21ClN4O. The molecule has 1 aromatic heterocycles. The van der Waals surface area contributed by atoms with Crippen LogP contribution in [-0.2, 0) is 0 Å². The number of nitrogens with zero attached hydrogens (tertiary/aromatic N) is 2. The lowest BCUT2D eigenvalue weighted by atomic mass is 9.90. The van der Waals surface area contributed by atoms with Crippen LogP contribution in [0.5, 0.6) is 0 Å². The van der Waals surface area contributed by atoms with Crippen molar-refractivity contribution in [2.24, 2.45) is 11.1 Å². The Morgan fingerprint density at radius 2 is 2.22 bits per heavy atom. The zero-order chi connectivity index (χ0) is 12.6. The Morgan fingerprint density at radius 1 is 1.56 bits per heavy atom. The molecule has 1 amide bonds. The minimum atomic E-state index is 0. The fraction of sp³-hybridized carbons (Fsp3) is 0.667. The smallest absolute Gasteiger partial charge is 0.274 e. The molecule has 1 unspecified atom stereocenters. The zero-order valence-electron chi connectivity index (χ0n) is 11.1. The van der Waals surface area contributed by atoms with Gasteiger partial charge in [-0.05, 0) is 32.2 Å². The summed E-state index contributed by atoms with van der Waals surface area (Å²) >= 11 is 0. The molecule has 6 heteroatoms. The molecule has 1 aliphatic heterocycles. The molecule has 5 nitrogen and oxygen atoms in total. The van der Waals surface area contributed by atoms with Crippen molar-refractivity contribution in [3.05, 3.63) is 17.0 Å². The van der Waals surface area contributed by atoms with Gasteiger partial charge in [-0.25, -0.2) is 0 Å². The Hall–Kier alpha value is -1.07. The van der Waals surface area contributed by atoms with Gasteiger partial charge in [-0.3, -0.25) is 9.89 Å². The highest BCUT2D eigenvalue weighted by molar-refractivity contribution is 5.94. The van der Waals surface area contributed by atoms with Crippen LogP contribution in [0.3, 0.4) is 0 Å². The van der Waals surface area contributed by atoms with Crippen molar-refractivity contribution >= 4 is 18.3 Å².